The van der Waals surface area contributed by atoms with Gasteiger partial charge in [0, 0.05) is 7.11 Å². The number of ether oxygens (including phenoxy) is 2. The third-order valence-corrected chi connectivity index (χ3v) is 1.70. The fourth-order valence-electron chi connectivity index (χ4n) is 0.341. The van der Waals surface area contributed by atoms with Crippen LogP contribution in [0, 0.1) is 0 Å². The van der Waals surface area contributed by atoms with E-state index < -0.39 is 5.97 Å². The van der Waals surface area contributed by atoms with Crippen molar-refractivity contribution in [2.75, 3.05) is 18.8 Å². The summed E-state index contributed by atoms with van der Waals surface area (Å²) in [6, 6.07) is 0. The van der Waals surface area contributed by atoms with Crippen LogP contribution in [-0.2, 0) is 14.3 Å². The molecule has 0 aliphatic carbocycles. The molecular formula is C6H12O4S. The third-order valence-electron chi connectivity index (χ3n) is 0.944. The SMILES string of the molecule is COC(C)OCSCC(=O)O. The summed E-state index contributed by atoms with van der Waals surface area (Å²) >= 11 is 1.20. The first kappa shape index (κ1) is 10.7. The van der Waals surface area contributed by atoms with Crippen LogP contribution in [0.4, 0.5) is 0 Å². The first-order valence-electron chi connectivity index (χ1n) is 3.10. The lowest BCUT2D eigenvalue weighted by Crippen LogP contribution is -2.10. The van der Waals surface area contributed by atoms with E-state index in [-0.39, 0.29) is 12.0 Å². The van der Waals surface area contributed by atoms with E-state index in [1.807, 2.05) is 0 Å². The van der Waals surface area contributed by atoms with E-state index in [0.717, 1.165) is 0 Å². The highest BCUT2D eigenvalue weighted by atomic mass is 32.2. The van der Waals surface area contributed by atoms with Crippen molar-refractivity contribution in [3.8, 4) is 0 Å². The molecule has 1 unspecified atom stereocenters. The normalized spacial score (nSPS) is 12.9. The molecule has 0 spiro atoms. The number of rotatable bonds is 6. The van der Waals surface area contributed by atoms with Crippen LogP contribution in [-0.4, -0.2) is 36.2 Å². The summed E-state index contributed by atoms with van der Waals surface area (Å²) in [6.45, 7) is 1.75. The molecule has 0 aromatic carbocycles. The number of methoxy groups -OCH3 is 1. The number of hydrogen-bond acceptors (Lipinski definition) is 4. The van der Waals surface area contributed by atoms with Gasteiger partial charge in [-0.2, -0.15) is 0 Å². The molecule has 0 aromatic rings. The van der Waals surface area contributed by atoms with Crippen molar-refractivity contribution in [1.29, 1.82) is 0 Å². The van der Waals surface area contributed by atoms with Gasteiger partial charge in [-0.3, -0.25) is 4.79 Å². The average molecular weight is 180 g/mol. The molecular weight excluding hydrogens is 168 g/mol. The molecule has 0 aliphatic rings. The van der Waals surface area contributed by atoms with Gasteiger partial charge in [-0.05, 0) is 6.92 Å². The topological polar surface area (TPSA) is 55.8 Å². The Morgan fingerprint density at radius 1 is 1.73 bits per heavy atom. The molecule has 0 aliphatic heterocycles. The van der Waals surface area contributed by atoms with Crippen molar-refractivity contribution >= 4 is 17.7 Å². The van der Waals surface area contributed by atoms with Crippen LogP contribution >= 0.6 is 11.8 Å². The summed E-state index contributed by atoms with van der Waals surface area (Å²) < 4.78 is 9.79. The predicted molar refractivity (Wildman–Crippen MR) is 42.5 cm³/mol. The van der Waals surface area contributed by atoms with Gasteiger partial charge in [0.25, 0.3) is 0 Å². The highest BCUT2D eigenvalue weighted by Gasteiger charge is 2.00. The second-order valence-electron chi connectivity index (χ2n) is 1.83. The lowest BCUT2D eigenvalue weighted by Gasteiger charge is -2.09. The van der Waals surface area contributed by atoms with Gasteiger partial charge in [0.05, 0.1) is 11.7 Å². The van der Waals surface area contributed by atoms with Crippen LogP contribution in [0.3, 0.4) is 0 Å². The molecule has 0 heterocycles. The van der Waals surface area contributed by atoms with E-state index in [2.05, 4.69) is 0 Å². The Morgan fingerprint density at radius 2 is 2.36 bits per heavy atom. The Kier molecular flexibility index (Phi) is 6.30. The van der Waals surface area contributed by atoms with Crippen molar-refractivity contribution in [3.63, 3.8) is 0 Å². The van der Waals surface area contributed by atoms with E-state index in [1.165, 1.54) is 18.9 Å². The van der Waals surface area contributed by atoms with Crippen LogP contribution in [0.5, 0.6) is 0 Å². The van der Waals surface area contributed by atoms with Gasteiger partial charge >= 0.3 is 5.97 Å². The molecule has 0 fully saturated rings. The zero-order valence-corrected chi connectivity index (χ0v) is 7.39. The van der Waals surface area contributed by atoms with E-state index in [1.54, 1.807) is 6.92 Å². The van der Waals surface area contributed by atoms with Gasteiger partial charge in [-0.25, -0.2) is 0 Å². The standard InChI is InChI=1S/C6H12O4S/c1-5(9-2)10-4-11-3-6(7)8/h5H,3-4H2,1-2H3,(H,7,8). The average Bonchev–Trinajstić information content (AvgIpc) is 1.97. The fraction of sp³-hybridized carbons (Fsp3) is 0.833. The second-order valence-corrected chi connectivity index (χ2v) is 2.76. The Morgan fingerprint density at radius 3 is 2.82 bits per heavy atom. The second kappa shape index (κ2) is 6.45. The van der Waals surface area contributed by atoms with E-state index in [0.29, 0.717) is 5.94 Å². The molecule has 1 atom stereocenters. The molecule has 11 heavy (non-hydrogen) atoms. The van der Waals surface area contributed by atoms with Gasteiger partial charge in [0.15, 0.2) is 6.29 Å². The summed E-state index contributed by atoms with van der Waals surface area (Å²) in [5.74, 6) is -0.416. The maximum absolute atomic E-state index is 10.0. The van der Waals surface area contributed by atoms with Crippen molar-refractivity contribution in [2.24, 2.45) is 0 Å². The largest absolute Gasteiger partial charge is 0.481 e. The molecule has 66 valence electrons. The Labute approximate surface area is 69.9 Å². The lowest BCUT2D eigenvalue weighted by atomic mass is 10.8. The minimum absolute atomic E-state index is 0.0659. The monoisotopic (exact) mass is 180 g/mol. The summed E-state index contributed by atoms with van der Waals surface area (Å²) in [6.07, 6.45) is -0.267. The number of carboxylic acid groups (broad SMARTS) is 1. The van der Waals surface area contributed by atoms with Gasteiger partial charge in [-0.15, -0.1) is 11.8 Å². The maximum atomic E-state index is 10.0. The third kappa shape index (κ3) is 7.64. The molecule has 0 saturated carbocycles. The van der Waals surface area contributed by atoms with E-state index in [4.69, 9.17) is 14.6 Å². The van der Waals surface area contributed by atoms with Gasteiger partial charge in [0.2, 0.25) is 0 Å². The molecule has 0 rings (SSSR count). The molecule has 0 aromatic heterocycles. The minimum Gasteiger partial charge on any atom is -0.481 e. The smallest absolute Gasteiger partial charge is 0.313 e. The Balaban J connectivity index is 3.08. The minimum atomic E-state index is -0.830. The lowest BCUT2D eigenvalue weighted by molar-refractivity contribution is -0.134. The van der Waals surface area contributed by atoms with Crippen LogP contribution in [0.15, 0.2) is 0 Å². The number of thioether (sulfide) groups is 1. The molecule has 1 N–H and O–H groups in total. The highest BCUT2D eigenvalue weighted by molar-refractivity contribution is 7.99. The van der Waals surface area contributed by atoms with Crippen molar-refractivity contribution in [2.45, 2.75) is 13.2 Å². The van der Waals surface area contributed by atoms with Crippen molar-refractivity contribution in [1.82, 2.24) is 0 Å². The number of carboxylic acids is 1. The molecule has 0 radical (unpaired) electrons. The number of carbonyl (C=O) groups is 1. The van der Waals surface area contributed by atoms with Gasteiger partial charge in [0.1, 0.15) is 0 Å². The summed E-state index contributed by atoms with van der Waals surface area (Å²) in [4.78, 5) is 10.0. The van der Waals surface area contributed by atoms with E-state index >= 15 is 0 Å². The van der Waals surface area contributed by atoms with Crippen LogP contribution in [0.1, 0.15) is 6.92 Å². The van der Waals surface area contributed by atoms with E-state index in [9.17, 15) is 4.79 Å². The van der Waals surface area contributed by atoms with Crippen molar-refractivity contribution < 1.29 is 19.4 Å². The Hall–Kier alpha value is -0.260. The number of aliphatic carboxylic acids is 1. The molecule has 0 amide bonds. The first-order chi connectivity index (χ1) is 5.16. The first-order valence-corrected chi connectivity index (χ1v) is 4.26. The van der Waals surface area contributed by atoms with Crippen LogP contribution in [0.25, 0.3) is 0 Å². The predicted octanol–water partition coefficient (Wildman–Crippen LogP) is 0.771. The fourth-order valence-corrected chi connectivity index (χ4v) is 0.887. The molecule has 5 heteroatoms. The van der Waals surface area contributed by atoms with Crippen molar-refractivity contribution in [3.05, 3.63) is 0 Å². The summed E-state index contributed by atoms with van der Waals surface area (Å²) in [7, 11) is 1.53. The van der Waals surface area contributed by atoms with Crippen LogP contribution < -0.4 is 0 Å². The quantitative estimate of drug-likeness (QED) is 0.483. The summed E-state index contributed by atoms with van der Waals surface area (Å²) in [5, 5.41) is 8.23. The van der Waals surface area contributed by atoms with Crippen LogP contribution in [0.2, 0.25) is 0 Å². The highest BCUT2D eigenvalue weighted by Crippen LogP contribution is 2.02. The molecule has 0 bridgehead atoms. The molecule has 4 nitrogen and oxygen atoms in total. The molecule has 0 saturated heterocycles. The Bertz CT molecular complexity index is 117. The van der Waals surface area contributed by atoms with Gasteiger partial charge < -0.3 is 14.6 Å². The van der Waals surface area contributed by atoms with Gasteiger partial charge in [-0.1, -0.05) is 0 Å². The maximum Gasteiger partial charge on any atom is 0.313 e. The zero-order valence-electron chi connectivity index (χ0n) is 6.57. The zero-order chi connectivity index (χ0) is 8.69. The number of hydrogen-bond donors (Lipinski definition) is 1. The summed E-state index contributed by atoms with van der Waals surface area (Å²) in [5.41, 5.74) is 0.